The van der Waals surface area contributed by atoms with Gasteiger partial charge in [0.1, 0.15) is 11.5 Å². The predicted octanol–water partition coefficient (Wildman–Crippen LogP) is 7.87. The highest BCUT2D eigenvalue weighted by Gasteiger charge is 2.20. The summed E-state index contributed by atoms with van der Waals surface area (Å²) < 4.78 is 0. The second-order valence-corrected chi connectivity index (χ2v) is 8.96. The van der Waals surface area contributed by atoms with E-state index in [9.17, 15) is 10.2 Å². The molecule has 0 amide bonds. The molecule has 2 nitrogen and oxygen atoms in total. The zero-order valence-electron chi connectivity index (χ0n) is 20.4. The summed E-state index contributed by atoms with van der Waals surface area (Å²) in [6.07, 6.45) is 0. The van der Waals surface area contributed by atoms with Crippen LogP contribution in [0.1, 0.15) is 22.3 Å². The fourth-order valence-corrected chi connectivity index (χ4v) is 4.77. The normalized spacial score (nSPS) is 10.4. The van der Waals surface area contributed by atoms with Gasteiger partial charge in [0.15, 0.2) is 0 Å². The van der Waals surface area contributed by atoms with Crippen molar-refractivity contribution in [3.05, 3.63) is 144 Å². The van der Waals surface area contributed by atoms with Crippen LogP contribution < -0.4 is 0 Å². The van der Waals surface area contributed by atoms with Crippen LogP contribution in [-0.4, -0.2) is 10.2 Å². The van der Waals surface area contributed by atoms with Gasteiger partial charge in [-0.15, -0.1) is 0 Å². The highest BCUT2D eigenvalue weighted by molar-refractivity contribution is 6.12. The van der Waals surface area contributed by atoms with Crippen molar-refractivity contribution in [2.24, 2.45) is 0 Å². The third-order valence-corrected chi connectivity index (χ3v) is 6.53. The second kappa shape index (κ2) is 9.90. The topological polar surface area (TPSA) is 40.5 Å². The van der Waals surface area contributed by atoms with Crippen molar-refractivity contribution < 1.29 is 10.2 Å². The molecule has 0 fully saturated rings. The van der Waals surface area contributed by atoms with Gasteiger partial charge in [0.05, 0.1) is 0 Å². The van der Waals surface area contributed by atoms with Gasteiger partial charge in [0, 0.05) is 44.2 Å². The third kappa shape index (κ3) is 4.33. The molecule has 0 radical (unpaired) electrons. The number of benzene rings is 6. The second-order valence-electron chi connectivity index (χ2n) is 8.96. The molecule has 2 heteroatoms. The van der Waals surface area contributed by atoms with Crippen LogP contribution in [0, 0.1) is 23.7 Å². The van der Waals surface area contributed by atoms with Gasteiger partial charge in [-0.25, -0.2) is 0 Å². The van der Waals surface area contributed by atoms with Gasteiger partial charge in [0.25, 0.3) is 0 Å². The van der Waals surface area contributed by atoms with Gasteiger partial charge in [-0.05, 0) is 59.3 Å². The van der Waals surface area contributed by atoms with Crippen LogP contribution in [0.4, 0.5) is 0 Å². The van der Waals surface area contributed by atoms with Crippen molar-refractivity contribution in [1.29, 1.82) is 0 Å². The Morgan fingerprint density at radius 2 is 0.789 bits per heavy atom. The summed E-state index contributed by atoms with van der Waals surface area (Å²) in [6, 6.07) is 38.5. The lowest BCUT2D eigenvalue weighted by Crippen LogP contribution is -1.92. The van der Waals surface area contributed by atoms with E-state index in [4.69, 9.17) is 0 Å². The minimum atomic E-state index is 0.0695. The van der Waals surface area contributed by atoms with Gasteiger partial charge in [-0.3, -0.25) is 0 Å². The number of aromatic hydroxyl groups is 2. The maximum Gasteiger partial charge on any atom is 0.124 e. The van der Waals surface area contributed by atoms with Gasteiger partial charge >= 0.3 is 0 Å². The van der Waals surface area contributed by atoms with Crippen molar-refractivity contribution in [3.63, 3.8) is 0 Å². The van der Waals surface area contributed by atoms with E-state index < -0.39 is 0 Å². The van der Waals surface area contributed by atoms with E-state index in [1.807, 2.05) is 109 Å². The molecule has 2 N–H and O–H groups in total. The van der Waals surface area contributed by atoms with Crippen molar-refractivity contribution in [2.45, 2.75) is 0 Å². The lowest BCUT2D eigenvalue weighted by molar-refractivity contribution is 0.470. The first-order valence-electron chi connectivity index (χ1n) is 12.3. The molecule has 0 aromatic heterocycles. The summed E-state index contributed by atoms with van der Waals surface area (Å²) in [4.78, 5) is 0. The first kappa shape index (κ1) is 23.0. The zero-order valence-corrected chi connectivity index (χ0v) is 20.4. The average Bonchev–Trinajstić information content (AvgIpc) is 2.96. The highest BCUT2D eigenvalue weighted by atomic mass is 16.3. The fourth-order valence-electron chi connectivity index (χ4n) is 4.77. The molecule has 6 rings (SSSR count). The van der Waals surface area contributed by atoms with Crippen LogP contribution in [0.5, 0.6) is 11.5 Å². The van der Waals surface area contributed by atoms with Crippen molar-refractivity contribution >= 4 is 21.5 Å². The third-order valence-electron chi connectivity index (χ3n) is 6.53. The zero-order chi connectivity index (χ0) is 25.9. The van der Waals surface area contributed by atoms with Gasteiger partial charge in [-0.1, -0.05) is 96.5 Å². The number of phenols is 2. The quantitative estimate of drug-likeness (QED) is 0.232. The van der Waals surface area contributed by atoms with Crippen LogP contribution >= 0.6 is 0 Å². The van der Waals surface area contributed by atoms with Crippen LogP contribution in [-0.2, 0) is 0 Å². The van der Waals surface area contributed by atoms with E-state index in [1.54, 1.807) is 12.1 Å². The van der Waals surface area contributed by atoms with Gasteiger partial charge < -0.3 is 10.2 Å². The van der Waals surface area contributed by atoms with Crippen LogP contribution in [0.3, 0.4) is 0 Å². The molecule has 0 bridgehead atoms. The van der Waals surface area contributed by atoms with E-state index >= 15 is 0 Å². The Balaban J connectivity index is 1.66. The molecule has 0 aliphatic carbocycles. The largest absolute Gasteiger partial charge is 0.507 e. The molecule has 6 aromatic rings. The van der Waals surface area contributed by atoms with Crippen molar-refractivity contribution in [3.8, 4) is 46.3 Å². The van der Waals surface area contributed by atoms with E-state index in [-0.39, 0.29) is 11.5 Å². The molecule has 0 spiro atoms. The number of fused-ring (bicyclic) bond motifs is 2. The number of phenolic OH excluding ortho intramolecular Hbond substituents is 2. The van der Waals surface area contributed by atoms with Crippen LogP contribution in [0.2, 0.25) is 0 Å². The summed E-state index contributed by atoms with van der Waals surface area (Å²) >= 11 is 0. The van der Waals surface area contributed by atoms with Gasteiger partial charge in [-0.2, -0.15) is 0 Å². The highest BCUT2D eigenvalue weighted by Crippen LogP contribution is 2.46. The minimum absolute atomic E-state index is 0.0695. The summed E-state index contributed by atoms with van der Waals surface area (Å²) in [5.74, 6) is 13.2. The van der Waals surface area contributed by atoms with Gasteiger partial charge in [0.2, 0.25) is 0 Å². The van der Waals surface area contributed by atoms with Crippen molar-refractivity contribution in [2.75, 3.05) is 0 Å². The molecule has 38 heavy (non-hydrogen) atoms. The summed E-state index contributed by atoms with van der Waals surface area (Å²) in [6.45, 7) is 0. The lowest BCUT2D eigenvalue weighted by atomic mass is 9.88. The molecule has 0 saturated heterocycles. The SMILES string of the molecule is Oc1ccc2cccc(C#Cc3ccccc3)c2c1-c1c(O)ccc2cccc(C#Cc3ccccc3)c12. The maximum absolute atomic E-state index is 11.3. The standard InChI is InChI=1S/C36H22O2/c37-31-23-21-29-15-7-13-27(19-17-25-9-3-1-4-10-25)33(29)35(31)36-32(38)24-22-30-16-8-14-28(34(30)36)20-18-26-11-5-2-6-12-26/h1-16,21-24,37-38H. The average molecular weight is 487 g/mol. The first-order valence-corrected chi connectivity index (χ1v) is 12.3. The predicted molar refractivity (Wildman–Crippen MR) is 155 cm³/mol. The molecule has 0 saturated carbocycles. The minimum Gasteiger partial charge on any atom is -0.507 e. The fraction of sp³-hybridized carbons (Fsp3) is 0. The Morgan fingerprint density at radius 3 is 1.21 bits per heavy atom. The van der Waals surface area contributed by atoms with E-state index in [0.29, 0.717) is 11.1 Å². The Hall–Kier alpha value is -5.44. The molecule has 0 unspecified atom stereocenters. The number of hydrogen-bond acceptors (Lipinski definition) is 2. The molecular weight excluding hydrogens is 464 g/mol. The lowest BCUT2D eigenvalue weighted by Gasteiger charge is -2.16. The molecule has 0 aliphatic heterocycles. The van der Waals surface area contributed by atoms with Crippen LogP contribution in [0.15, 0.2) is 121 Å². The molecule has 0 aliphatic rings. The van der Waals surface area contributed by atoms with E-state index in [2.05, 4.69) is 23.7 Å². The van der Waals surface area contributed by atoms with Crippen LogP contribution in [0.25, 0.3) is 32.7 Å². The Morgan fingerprint density at radius 1 is 0.368 bits per heavy atom. The van der Waals surface area contributed by atoms with E-state index in [0.717, 1.165) is 43.8 Å². The number of rotatable bonds is 1. The molecular formula is C36H22O2. The Kier molecular flexibility index (Phi) is 5.99. The molecule has 0 atom stereocenters. The molecule has 0 heterocycles. The summed E-state index contributed by atoms with van der Waals surface area (Å²) in [7, 11) is 0. The molecule has 178 valence electrons. The first-order chi connectivity index (χ1) is 18.7. The maximum atomic E-state index is 11.3. The summed E-state index contributed by atoms with van der Waals surface area (Å²) in [5.41, 5.74) is 4.41. The Bertz CT molecular complexity index is 1790. The summed E-state index contributed by atoms with van der Waals surface area (Å²) in [5, 5.41) is 25.9. The smallest absolute Gasteiger partial charge is 0.124 e. The monoisotopic (exact) mass is 486 g/mol. The molecule has 6 aromatic carbocycles. The number of hydrogen-bond donors (Lipinski definition) is 2. The Labute approximate surface area is 221 Å². The van der Waals surface area contributed by atoms with E-state index in [1.165, 1.54) is 0 Å². The van der Waals surface area contributed by atoms with Crippen molar-refractivity contribution in [1.82, 2.24) is 0 Å².